The van der Waals surface area contributed by atoms with Crippen molar-refractivity contribution in [2.75, 3.05) is 11.9 Å². The van der Waals surface area contributed by atoms with Gasteiger partial charge in [0.25, 0.3) is 5.69 Å². The lowest BCUT2D eigenvalue weighted by Crippen LogP contribution is -2.18. The lowest BCUT2D eigenvalue weighted by atomic mass is 10.1. The average Bonchev–Trinajstić information content (AvgIpc) is 2.43. The van der Waals surface area contributed by atoms with Crippen LogP contribution in [0.3, 0.4) is 0 Å². The first kappa shape index (κ1) is 13.2. The van der Waals surface area contributed by atoms with Crippen molar-refractivity contribution in [1.82, 2.24) is 4.98 Å². The van der Waals surface area contributed by atoms with Gasteiger partial charge in [-0.25, -0.2) is 0 Å². The van der Waals surface area contributed by atoms with Crippen LogP contribution < -0.4 is 5.32 Å². The normalized spacial score (nSPS) is 12.3. The van der Waals surface area contributed by atoms with E-state index in [2.05, 4.69) is 10.3 Å². The topological polar surface area (TPSA) is 88.3 Å². The number of aliphatic hydroxyl groups excluding tert-OH is 1. The molecule has 1 heterocycles. The summed E-state index contributed by atoms with van der Waals surface area (Å²) in [5, 5.41) is 24.8. The number of nitrogens with zero attached hydrogens (tertiary/aromatic N) is 2. The Bertz CT molecular complexity index is 601. The van der Waals surface area contributed by atoms with Gasteiger partial charge in [-0.1, -0.05) is 6.92 Å². The van der Waals surface area contributed by atoms with Crippen LogP contribution >= 0.6 is 0 Å². The second-order valence-electron chi connectivity index (χ2n) is 4.25. The molecule has 1 atom stereocenters. The molecule has 0 amide bonds. The van der Waals surface area contributed by atoms with Crippen LogP contribution in [0.5, 0.6) is 0 Å². The lowest BCUT2D eigenvalue weighted by Gasteiger charge is -2.12. The third kappa shape index (κ3) is 2.79. The van der Waals surface area contributed by atoms with Crippen LogP contribution in [0.25, 0.3) is 10.8 Å². The number of aliphatic hydroxyl groups is 1. The summed E-state index contributed by atoms with van der Waals surface area (Å²) in [5.41, 5.74) is 0.792. The van der Waals surface area contributed by atoms with E-state index < -0.39 is 11.0 Å². The maximum Gasteiger partial charge on any atom is 0.277 e. The number of pyridine rings is 1. The third-order valence-electron chi connectivity index (χ3n) is 2.99. The number of non-ortho nitro benzene ring substituents is 1. The molecule has 2 N–H and O–H groups in total. The molecule has 0 aliphatic rings. The second-order valence-corrected chi connectivity index (χ2v) is 4.25. The SMILES string of the molecule is CCC(O)CNc1ccc([N+](=O)[O-])c2ccncc12. The highest BCUT2D eigenvalue weighted by atomic mass is 16.6. The standard InChI is InChI=1S/C13H15N3O3/c1-2-9(17)7-15-12-3-4-13(16(18)19)10-5-6-14-8-11(10)12/h3-6,8-9,15,17H,2,7H2,1H3. The van der Waals surface area contributed by atoms with Gasteiger partial charge in [0.15, 0.2) is 0 Å². The second kappa shape index (κ2) is 5.62. The monoisotopic (exact) mass is 261 g/mol. The van der Waals surface area contributed by atoms with E-state index in [-0.39, 0.29) is 5.69 Å². The predicted octanol–water partition coefficient (Wildman–Crippen LogP) is 2.33. The van der Waals surface area contributed by atoms with Crippen LogP contribution in [0.4, 0.5) is 11.4 Å². The van der Waals surface area contributed by atoms with Crippen molar-refractivity contribution in [2.45, 2.75) is 19.4 Å². The van der Waals surface area contributed by atoms with E-state index >= 15 is 0 Å². The Balaban J connectivity index is 2.41. The number of nitro benzene ring substituents is 1. The van der Waals surface area contributed by atoms with Gasteiger partial charge in [-0.3, -0.25) is 15.1 Å². The molecular formula is C13H15N3O3. The van der Waals surface area contributed by atoms with E-state index in [1.807, 2.05) is 6.92 Å². The van der Waals surface area contributed by atoms with Gasteiger partial charge in [-0.05, 0) is 18.6 Å². The summed E-state index contributed by atoms with van der Waals surface area (Å²) in [7, 11) is 0. The van der Waals surface area contributed by atoms with Gasteiger partial charge in [-0.2, -0.15) is 0 Å². The largest absolute Gasteiger partial charge is 0.391 e. The Kier molecular flexibility index (Phi) is 3.91. The first-order valence-corrected chi connectivity index (χ1v) is 6.06. The number of rotatable bonds is 5. The Morgan fingerprint density at radius 2 is 2.21 bits per heavy atom. The highest BCUT2D eigenvalue weighted by molar-refractivity contribution is 5.99. The van der Waals surface area contributed by atoms with Crippen molar-refractivity contribution in [3.8, 4) is 0 Å². The first-order valence-electron chi connectivity index (χ1n) is 6.06. The number of aromatic nitrogens is 1. The summed E-state index contributed by atoms with van der Waals surface area (Å²) < 4.78 is 0. The number of nitrogens with one attached hydrogen (secondary N) is 1. The summed E-state index contributed by atoms with van der Waals surface area (Å²) in [6, 6.07) is 4.72. The highest BCUT2D eigenvalue weighted by Gasteiger charge is 2.14. The van der Waals surface area contributed by atoms with Gasteiger partial charge in [0.1, 0.15) is 0 Å². The van der Waals surface area contributed by atoms with Gasteiger partial charge in [0, 0.05) is 36.1 Å². The van der Waals surface area contributed by atoms with Crippen molar-refractivity contribution in [1.29, 1.82) is 0 Å². The predicted molar refractivity (Wildman–Crippen MR) is 73.2 cm³/mol. The third-order valence-corrected chi connectivity index (χ3v) is 2.99. The minimum atomic E-state index is -0.443. The highest BCUT2D eigenvalue weighted by Crippen LogP contribution is 2.30. The lowest BCUT2D eigenvalue weighted by molar-refractivity contribution is -0.383. The van der Waals surface area contributed by atoms with Gasteiger partial charge >= 0.3 is 0 Å². The Morgan fingerprint density at radius 1 is 1.42 bits per heavy atom. The van der Waals surface area contributed by atoms with E-state index in [0.29, 0.717) is 23.7 Å². The molecule has 0 saturated heterocycles. The van der Waals surface area contributed by atoms with Crippen molar-refractivity contribution in [3.63, 3.8) is 0 Å². The molecule has 6 heteroatoms. The maximum atomic E-state index is 11.0. The van der Waals surface area contributed by atoms with Crippen LogP contribution in [0.15, 0.2) is 30.6 Å². The summed E-state index contributed by atoms with van der Waals surface area (Å²) in [5.74, 6) is 0. The van der Waals surface area contributed by atoms with Crippen molar-refractivity contribution in [2.24, 2.45) is 0 Å². The zero-order valence-corrected chi connectivity index (χ0v) is 10.5. The van der Waals surface area contributed by atoms with Crippen molar-refractivity contribution in [3.05, 3.63) is 40.7 Å². The van der Waals surface area contributed by atoms with E-state index in [9.17, 15) is 15.2 Å². The molecule has 0 saturated carbocycles. The van der Waals surface area contributed by atoms with Gasteiger partial charge in [0.05, 0.1) is 16.4 Å². The van der Waals surface area contributed by atoms with E-state index in [0.717, 1.165) is 5.69 Å². The van der Waals surface area contributed by atoms with Crippen LogP contribution in [0.2, 0.25) is 0 Å². The molecule has 2 aromatic rings. The first-order chi connectivity index (χ1) is 9.13. The van der Waals surface area contributed by atoms with Crippen molar-refractivity contribution >= 4 is 22.1 Å². The number of anilines is 1. The molecule has 1 aromatic heterocycles. The molecule has 100 valence electrons. The van der Waals surface area contributed by atoms with Gasteiger partial charge < -0.3 is 10.4 Å². The molecule has 0 aliphatic carbocycles. The van der Waals surface area contributed by atoms with E-state index in [4.69, 9.17) is 0 Å². The Morgan fingerprint density at radius 3 is 2.89 bits per heavy atom. The molecular weight excluding hydrogens is 246 g/mol. The fraction of sp³-hybridized carbons (Fsp3) is 0.308. The number of hydrogen-bond acceptors (Lipinski definition) is 5. The average molecular weight is 261 g/mol. The molecule has 0 radical (unpaired) electrons. The molecule has 6 nitrogen and oxygen atoms in total. The van der Waals surface area contributed by atoms with Crippen LogP contribution in [0, 0.1) is 10.1 Å². The zero-order chi connectivity index (χ0) is 13.8. The number of fused-ring (bicyclic) bond motifs is 1. The van der Waals surface area contributed by atoms with E-state index in [1.165, 1.54) is 12.3 Å². The van der Waals surface area contributed by atoms with Crippen LogP contribution in [-0.2, 0) is 0 Å². The number of benzene rings is 1. The zero-order valence-electron chi connectivity index (χ0n) is 10.5. The molecule has 19 heavy (non-hydrogen) atoms. The molecule has 2 rings (SSSR count). The van der Waals surface area contributed by atoms with E-state index in [1.54, 1.807) is 18.3 Å². The number of hydrogen-bond donors (Lipinski definition) is 2. The number of nitro groups is 1. The molecule has 0 fully saturated rings. The fourth-order valence-electron chi connectivity index (χ4n) is 1.86. The smallest absolute Gasteiger partial charge is 0.277 e. The van der Waals surface area contributed by atoms with Gasteiger partial charge in [0.2, 0.25) is 0 Å². The fourth-order valence-corrected chi connectivity index (χ4v) is 1.86. The van der Waals surface area contributed by atoms with Gasteiger partial charge in [-0.15, -0.1) is 0 Å². The Labute approximate surface area is 110 Å². The summed E-state index contributed by atoms with van der Waals surface area (Å²) in [4.78, 5) is 14.5. The minimum absolute atomic E-state index is 0.0546. The maximum absolute atomic E-state index is 11.0. The van der Waals surface area contributed by atoms with Crippen LogP contribution in [0.1, 0.15) is 13.3 Å². The van der Waals surface area contributed by atoms with Crippen molar-refractivity contribution < 1.29 is 10.0 Å². The molecule has 1 aromatic carbocycles. The molecule has 0 spiro atoms. The Hall–Kier alpha value is -2.21. The minimum Gasteiger partial charge on any atom is -0.391 e. The van der Waals surface area contributed by atoms with Crippen LogP contribution in [-0.4, -0.2) is 27.7 Å². The molecule has 0 bridgehead atoms. The molecule has 1 unspecified atom stereocenters. The molecule has 0 aliphatic heterocycles. The summed E-state index contributed by atoms with van der Waals surface area (Å²) >= 11 is 0. The quantitative estimate of drug-likeness (QED) is 0.637. The summed E-state index contributed by atoms with van der Waals surface area (Å²) in [6.45, 7) is 2.29. The summed E-state index contributed by atoms with van der Waals surface area (Å²) in [6.07, 6.45) is 3.32.